The molecule has 2 aromatic heterocycles. The maximum atomic E-state index is 12.6. The van der Waals surface area contributed by atoms with Crippen LogP contribution in [0.1, 0.15) is 37.1 Å². The van der Waals surface area contributed by atoms with Crippen molar-refractivity contribution in [1.29, 1.82) is 0 Å². The molecule has 9 heteroatoms. The third-order valence-electron chi connectivity index (χ3n) is 4.26. The normalized spacial score (nSPS) is 12.8. The summed E-state index contributed by atoms with van der Waals surface area (Å²) in [5, 5.41) is 14.6. The lowest BCUT2D eigenvalue weighted by molar-refractivity contribution is -0.123. The van der Waals surface area contributed by atoms with Crippen LogP contribution >= 0.6 is 36.2 Å². The Balaban J connectivity index is 0.00000312. The van der Waals surface area contributed by atoms with Crippen LogP contribution in [0.4, 0.5) is 0 Å². The summed E-state index contributed by atoms with van der Waals surface area (Å²) in [6.07, 6.45) is 3.59. The van der Waals surface area contributed by atoms with E-state index in [1.807, 2.05) is 13.2 Å². The van der Waals surface area contributed by atoms with E-state index in [2.05, 4.69) is 51.3 Å². The van der Waals surface area contributed by atoms with Crippen molar-refractivity contribution in [1.82, 2.24) is 25.3 Å². The number of nitrogens with zero attached hydrogens (tertiary/aromatic N) is 3. The van der Waals surface area contributed by atoms with Gasteiger partial charge < -0.3 is 10.6 Å². The van der Waals surface area contributed by atoms with Gasteiger partial charge in [0.05, 0.1) is 12.2 Å². The van der Waals surface area contributed by atoms with Crippen molar-refractivity contribution in [3.8, 4) is 0 Å². The number of halogens is 2. The Hall–Kier alpha value is -1.12. The van der Waals surface area contributed by atoms with Gasteiger partial charge in [0.2, 0.25) is 5.91 Å². The highest BCUT2D eigenvalue weighted by molar-refractivity contribution is 7.07. The third kappa shape index (κ3) is 6.25. The predicted molar refractivity (Wildman–Crippen MR) is 112 cm³/mol. The molecule has 0 fully saturated rings. The number of carbonyl (C=O) groups excluding carboxylic acids is 1. The van der Waals surface area contributed by atoms with Crippen molar-refractivity contribution >= 4 is 42.1 Å². The van der Waals surface area contributed by atoms with Gasteiger partial charge in [-0.3, -0.25) is 14.4 Å². The summed E-state index contributed by atoms with van der Waals surface area (Å²) < 4.78 is 1.71. The fourth-order valence-electron chi connectivity index (χ4n) is 2.92. The number of aryl methyl sites for hydroxylation is 1. The molecule has 2 aromatic rings. The molecule has 0 saturated carbocycles. The average molecular weight is 422 g/mol. The van der Waals surface area contributed by atoms with Gasteiger partial charge in [-0.2, -0.15) is 16.4 Å². The minimum Gasteiger partial charge on any atom is -0.353 e. The molecular formula is C17H29Cl2N5OS. The van der Waals surface area contributed by atoms with Crippen LogP contribution in [0.5, 0.6) is 0 Å². The fraction of sp³-hybridized carbons (Fsp3) is 0.529. The Morgan fingerprint density at radius 3 is 2.46 bits per heavy atom. The Labute approximate surface area is 172 Å². The highest BCUT2D eigenvalue weighted by Crippen LogP contribution is 2.22. The van der Waals surface area contributed by atoms with E-state index in [1.165, 1.54) is 5.56 Å². The first-order chi connectivity index (χ1) is 11.6. The SMILES string of the molecule is CCN(CC)C(CNC(=O)C(NC)c1cnn(C)c1)c1ccsc1.Cl.Cl. The molecule has 2 N–H and O–H groups in total. The first-order valence-corrected chi connectivity index (χ1v) is 9.24. The largest absolute Gasteiger partial charge is 0.353 e. The smallest absolute Gasteiger partial charge is 0.241 e. The van der Waals surface area contributed by atoms with Crippen LogP contribution in [-0.2, 0) is 11.8 Å². The Morgan fingerprint density at radius 2 is 2.00 bits per heavy atom. The predicted octanol–water partition coefficient (Wildman–Crippen LogP) is 2.79. The van der Waals surface area contributed by atoms with Crippen molar-refractivity contribution in [3.63, 3.8) is 0 Å². The van der Waals surface area contributed by atoms with Crippen LogP contribution in [-0.4, -0.2) is 47.3 Å². The van der Waals surface area contributed by atoms with Crippen molar-refractivity contribution in [2.45, 2.75) is 25.9 Å². The highest BCUT2D eigenvalue weighted by atomic mass is 35.5. The van der Waals surface area contributed by atoms with E-state index in [1.54, 1.807) is 29.3 Å². The number of hydrogen-bond acceptors (Lipinski definition) is 5. The Kier molecular flexibility index (Phi) is 11.8. The quantitative estimate of drug-likeness (QED) is 0.653. The summed E-state index contributed by atoms with van der Waals surface area (Å²) in [6, 6.07) is 1.94. The fourth-order valence-corrected chi connectivity index (χ4v) is 3.63. The van der Waals surface area contributed by atoms with Crippen LogP contribution < -0.4 is 10.6 Å². The molecule has 0 aliphatic carbocycles. The summed E-state index contributed by atoms with van der Waals surface area (Å²) in [6.45, 7) is 6.79. The summed E-state index contributed by atoms with van der Waals surface area (Å²) in [5.41, 5.74) is 2.12. The second kappa shape index (κ2) is 12.3. The molecule has 2 rings (SSSR count). The van der Waals surface area contributed by atoms with Crippen molar-refractivity contribution in [3.05, 3.63) is 40.3 Å². The molecule has 1 amide bonds. The van der Waals surface area contributed by atoms with Gasteiger partial charge in [0.25, 0.3) is 0 Å². The molecule has 6 nitrogen and oxygen atoms in total. The molecule has 2 unspecified atom stereocenters. The number of rotatable bonds is 9. The van der Waals surface area contributed by atoms with Crippen LogP contribution in [0.15, 0.2) is 29.2 Å². The molecule has 2 heterocycles. The third-order valence-corrected chi connectivity index (χ3v) is 4.96. The summed E-state index contributed by atoms with van der Waals surface area (Å²) in [4.78, 5) is 15.0. The molecular weight excluding hydrogens is 393 g/mol. The minimum atomic E-state index is -0.390. The highest BCUT2D eigenvalue weighted by Gasteiger charge is 2.23. The van der Waals surface area contributed by atoms with Gasteiger partial charge >= 0.3 is 0 Å². The second-order valence-corrected chi connectivity index (χ2v) is 6.49. The molecule has 0 radical (unpaired) electrons. The lowest BCUT2D eigenvalue weighted by atomic mass is 10.1. The number of amides is 1. The molecule has 148 valence electrons. The van der Waals surface area contributed by atoms with Gasteiger partial charge in [-0.15, -0.1) is 24.8 Å². The molecule has 0 aliphatic heterocycles. The summed E-state index contributed by atoms with van der Waals surface area (Å²) >= 11 is 1.69. The lowest BCUT2D eigenvalue weighted by Gasteiger charge is -2.30. The maximum Gasteiger partial charge on any atom is 0.241 e. The van der Waals surface area contributed by atoms with Crippen molar-refractivity contribution in [2.75, 3.05) is 26.7 Å². The molecule has 2 atom stereocenters. The molecule has 0 aliphatic rings. The number of hydrogen-bond donors (Lipinski definition) is 2. The number of carbonyl (C=O) groups is 1. The van der Waals surface area contributed by atoms with E-state index < -0.39 is 6.04 Å². The number of aromatic nitrogens is 2. The first-order valence-electron chi connectivity index (χ1n) is 8.30. The van der Waals surface area contributed by atoms with Gasteiger partial charge in [0.1, 0.15) is 6.04 Å². The zero-order chi connectivity index (χ0) is 17.5. The van der Waals surface area contributed by atoms with Crippen molar-refractivity contribution < 1.29 is 4.79 Å². The lowest BCUT2D eigenvalue weighted by Crippen LogP contribution is -2.42. The van der Waals surface area contributed by atoms with Crippen molar-refractivity contribution in [2.24, 2.45) is 7.05 Å². The molecule has 0 spiro atoms. The topological polar surface area (TPSA) is 62.2 Å². The van der Waals surface area contributed by atoms with Gasteiger partial charge in [-0.1, -0.05) is 13.8 Å². The summed E-state index contributed by atoms with van der Waals surface area (Å²) in [5.74, 6) is -0.0297. The first kappa shape index (κ1) is 24.9. The zero-order valence-corrected chi connectivity index (χ0v) is 18.1. The van der Waals surface area contributed by atoms with Crippen LogP contribution in [0.25, 0.3) is 0 Å². The van der Waals surface area contributed by atoms with Gasteiger partial charge in [0.15, 0.2) is 0 Å². The minimum absolute atomic E-state index is 0. The summed E-state index contributed by atoms with van der Waals surface area (Å²) in [7, 11) is 3.64. The van der Waals surface area contributed by atoms with Gasteiger partial charge in [-0.05, 0) is 42.5 Å². The number of likely N-dealkylation sites (N-methyl/N-ethyl adjacent to an activating group) is 2. The van der Waals surface area contributed by atoms with Crippen LogP contribution in [0, 0.1) is 0 Å². The number of nitrogens with one attached hydrogen (secondary N) is 2. The van der Waals surface area contributed by atoms with Crippen LogP contribution in [0.2, 0.25) is 0 Å². The monoisotopic (exact) mass is 421 g/mol. The number of thiophene rings is 1. The zero-order valence-electron chi connectivity index (χ0n) is 15.6. The van der Waals surface area contributed by atoms with Gasteiger partial charge in [0, 0.05) is 25.4 Å². The van der Waals surface area contributed by atoms with E-state index in [-0.39, 0.29) is 36.8 Å². The van der Waals surface area contributed by atoms with E-state index in [9.17, 15) is 4.79 Å². The molecule has 0 aromatic carbocycles. The standard InChI is InChI=1S/C17H27N5OS.2ClH/c1-5-22(6-2)15(13-7-8-24-12-13)10-19-17(23)16(18-3)14-9-20-21(4)11-14;;/h7-9,11-12,15-16,18H,5-6,10H2,1-4H3,(H,19,23);2*1H. The molecule has 0 bridgehead atoms. The van der Waals surface area contributed by atoms with Gasteiger partial charge in [-0.25, -0.2) is 0 Å². The van der Waals surface area contributed by atoms with E-state index in [0.29, 0.717) is 6.54 Å². The maximum absolute atomic E-state index is 12.6. The Morgan fingerprint density at radius 1 is 1.31 bits per heavy atom. The Bertz CT molecular complexity index is 631. The van der Waals surface area contributed by atoms with E-state index in [0.717, 1.165) is 18.7 Å². The van der Waals surface area contributed by atoms with Crippen LogP contribution in [0.3, 0.4) is 0 Å². The molecule has 0 saturated heterocycles. The molecule has 26 heavy (non-hydrogen) atoms. The van der Waals surface area contributed by atoms with E-state index >= 15 is 0 Å². The second-order valence-electron chi connectivity index (χ2n) is 5.71. The average Bonchev–Trinajstić information content (AvgIpc) is 3.24. The van der Waals surface area contributed by atoms with E-state index in [4.69, 9.17) is 0 Å².